The number of rotatable bonds is 5. The minimum Gasteiger partial charge on any atom is -0.326 e. The summed E-state index contributed by atoms with van der Waals surface area (Å²) >= 11 is 0. The minimum atomic E-state index is -3.21. The van der Waals surface area contributed by atoms with Gasteiger partial charge in [-0.3, -0.25) is 4.90 Å². The van der Waals surface area contributed by atoms with Gasteiger partial charge in [-0.15, -0.1) is 0 Å². The zero-order valence-corrected chi connectivity index (χ0v) is 12.9. The Bertz CT molecular complexity index is 543. The molecule has 1 aliphatic rings. The van der Waals surface area contributed by atoms with E-state index < -0.39 is 9.84 Å². The number of hydrogen-bond donors (Lipinski definition) is 1. The highest BCUT2D eigenvalue weighted by Gasteiger charge is 2.21. The molecule has 0 saturated carbocycles. The van der Waals surface area contributed by atoms with E-state index in [0.717, 1.165) is 12.1 Å². The Balaban J connectivity index is 2.03. The maximum atomic E-state index is 12.4. The maximum absolute atomic E-state index is 12.4. The monoisotopic (exact) mass is 296 g/mol. The normalized spacial score (nSPS) is 21.0. The van der Waals surface area contributed by atoms with E-state index in [1.54, 1.807) is 18.2 Å². The summed E-state index contributed by atoms with van der Waals surface area (Å²) in [6.07, 6.45) is 3.60. The molecule has 1 atom stereocenters. The molecule has 20 heavy (non-hydrogen) atoms. The Labute approximate surface area is 121 Å². The van der Waals surface area contributed by atoms with E-state index in [4.69, 9.17) is 5.73 Å². The maximum Gasteiger partial charge on any atom is 0.179 e. The summed E-state index contributed by atoms with van der Waals surface area (Å²) in [7, 11) is -3.21. The van der Waals surface area contributed by atoms with Gasteiger partial charge in [0.15, 0.2) is 9.84 Å². The van der Waals surface area contributed by atoms with E-state index in [9.17, 15) is 8.42 Å². The highest BCUT2D eigenvalue weighted by molar-refractivity contribution is 7.91. The molecule has 0 bridgehead atoms. The van der Waals surface area contributed by atoms with Crippen LogP contribution in [0.15, 0.2) is 29.2 Å². The van der Waals surface area contributed by atoms with Crippen molar-refractivity contribution in [3.8, 4) is 0 Å². The molecule has 1 saturated heterocycles. The molecule has 1 heterocycles. The second kappa shape index (κ2) is 6.70. The summed E-state index contributed by atoms with van der Waals surface area (Å²) in [5.74, 6) is 0.186. The molecule has 0 aromatic heterocycles. The van der Waals surface area contributed by atoms with E-state index in [0.29, 0.717) is 24.0 Å². The average Bonchev–Trinajstić information content (AvgIpc) is 2.46. The van der Waals surface area contributed by atoms with E-state index in [1.807, 2.05) is 6.07 Å². The van der Waals surface area contributed by atoms with Gasteiger partial charge in [-0.2, -0.15) is 0 Å². The van der Waals surface area contributed by atoms with Gasteiger partial charge in [0, 0.05) is 19.1 Å². The lowest BCUT2D eigenvalue weighted by molar-refractivity contribution is 0.170. The topological polar surface area (TPSA) is 63.4 Å². The van der Waals surface area contributed by atoms with Crippen LogP contribution in [0.3, 0.4) is 0 Å². The van der Waals surface area contributed by atoms with Gasteiger partial charge in [-0.05, 0) is 44.0 Å². The van der Waals surface area contributed by atoms with Gasteiger partial charge < -0.3 is 5.73 Å². The van der Waals surface area contributed by atoms with Crippen molar-refractivity contribution in [1.29, 1.82) is 0 Å². The fourth-order valence-electron chi connectivity index (χ4n) is 2.71. The highest BCUT2D eigenvalue weighted by atomic mass is 32.2. The third kappa shape index (κ3) is 3.81. The number of nitrogens with two attached hydrogens (primary N) is 1. The predicted octanol–water partition coefficient (Wildman–Crippen LogP) is 1.79. The molecule has 2 rings (SSSR count). The molecule has 0 aliphatic carbocycles. The fraction of sp³-hybridized carbons (Fsp3) is 0.600. The van der Waals surface area contributed by atoms with Crippen LogP contribution in [0.1, 0.15) is 31.7 Å². The second-order valence-corrected chi connectivity index (χ2v) is 7.66. The van der Waals surface area contributed by atoms with Gasteiger partial charge in [-0.1, -0.05) is 18.6 Å². The molecule has 112 valence electrons. The predicted molar refractivity (Wildman–Crippen MR) is 81.3 cm³/mol. The number of nitrogens with zero attached hydrogens (tertiary/aromatic N) is 1. The van der Waals surface area contributed by atoms with Gasteiger partial charge in [0.05, 0.1) is 10.6 Å². The first-order valence-electron chi connectivity index (χ1n) is 7.29. The Morgan fingerprint density at radius 2 is 2.15 bits per heavy atom. The SMILES string of the molecule is CC1CCCCN1CCS(=O)(=O)c1cccc(CN)c1. The molecular weight excluding hydrogens is 272 g/mol. The largest absolute Gasteiger partial charge is 0.326 e. The Kier molecular flexibility index (Phi) is 5.18. The molecule has 5 heteroatoms. The molecule has 0 radical (unpaired) electrons. The third-order valence-electron chi connectivity index (χ3n) is 4.08. The van der Waals surface area contributed by atoms with Crippen LogP contribution < -0.4 is 5.73 Å². The number of hydrogen-bond acceptors (Lipinski definition) is 4. The van der Waals surface area contributed by atoms with Crippen molar-refractivity contribution in [2.45, 2.75) is 43.7 Å². The zero-order chi connectivity index (χ0) is 14.6. The number of sulfone groups is 1. The molecule has 1 aromatic rings. The third-order valence-corrected chi connectivity index (χ3v) is 5.77. The van der Waals surface area contributed by atoms with Crippen LogP contribution in [-0.2, 0) is 16.4 Å². The van der Waals surface area contributed by atoms with Crippen molar-refractivity contribution in [1.82, 2.24) is 4.90 Å². The first-order valence-corrected chi connectivity index (χ1v) is 8.94. The Morgan fingerprint density at radius 3 is 2.85 bits per heavy atom. The van der Waals surface area contributed by atoms with Gasteiger partial charge >= 0.3 is 0 Å². The zero-order valence-electron chi connectivity index (χ0n) is 12.1. The first kappa shape index (κ1) is 15.5. The number of likely N-dealkylation sites (tertiary alicyclic amines) is 1. The van der Waals surface area contributed by atoms with Crippen molar-refractivity contribution in [2.24, 2.45) is 5.73 Å². The van der Waals surface area contributed by atoms with Crippen LogP contribution in [0.4, 0.5) is 0 Å². The van der Waals surface area contributed by atoms with Crippen LogP contribution in [0.5, 0.6) is 0 Å². The summed E-state index contributed by atoms with van der Waals surface area (Å²) in [6.45, 7) is 4.18. The van der Waals surface area contributed by atoms with E-state index in [1.165, 1.54) is 19.3 Å². The summed E-state index contributed by atoms with van der Waals surface area (Å²) < 4.78 is 24.8. The lowest BCUT2D eigenvalue weighted by atomic mass is 10.0. The van der Waals surface area contributed by atoms with Crippen LogP contribution >= 0.6 is 0 Å². The summed E-state index contributed by atoms with van der Waals surface area (Å²) in [6, 6.07) is 7.46. The summed E-state index contributed by atoms with van der Waals surface area (Å²) in [5.41, 5.74) is 6.43. The van der Waals surface area contributed by atoms with Crippen molar-refractivity contribution in [2.75, 3.05) is 18.8 Å². The first-order chi connectivity index (χ1) is 9.53. The molecule has 2 N–H and O–H groups in total. The molecule has 0 amide bonds. The molecule has 1 aliphatic heterocycles. The van der Waals surface area contributed by atoms with Crippen LogP contribution in [0, 0.1) is 0 Å². The van der Waals surface area contributed by atoms with Crippen LogP contribution in [0.2, 0.25) is 0 Å². The highest BCUT2D eigenvalue weighted by Crippen LogP contribution is 2.18. The summed E-state index contributed by atoms with van der Waals surface area (Å²) in [5, 5.41) is 0. The number of piperidine rings is 1. The lowest BCUT2D eigenvalue weighted by Gasteiger charge is -2.33. The van der Waals surface area contributed by atoms with E-state index in [2.05, 4.69) is 11.8 Å². The van der Waals surface area contributed by atoms with Crippen LogP contribution in [0.25, 0.3) is 0 Å². The fourth-order valence-corrected chi connectivity index (χ4v) is 4.04. The van der Waals surface area contributed by atoms with Crippen LogP contribution in [-0.4, -0.2) is 38.2 Å². The van der Waals surface area contributed by atoms with E-state index >= 15 is 0 Å². The molecule has 1 fully saturated rings. The lowest BCUT2D eigenvalue weighted by Crippen LogP contribution is -2.40. The minimum absolute atomic E-state index is 0.186. The quantitative estimate of drug-likeness (QED) is 0.900. The van der Waals surface area contributed by atoms with Gasteiger partial charge in [0.25, 0.3) is 0 Å². The van der Waals surface area contributed by atoms with Gasteiger partial charge in [0.2, 0.25) is 0 Å². The van der Waals surface area contributed by atoms with Crippen molar-refractivity contribution in [3.05, 3.63) is 29.8 Å². The van der Waals surface area contributed by atoms with Crippen molar-refractivity contribution in [3.63, 3.8) is 0 Å². The molecule has 0 spiro atoms. The standard InChI is InChI=1S/C15H24N2O2S/c1-13-5-2-3-8-17(13)9-10-20(18,19)15-7-4-6-14(11-15)12-16/h4,6-7,11,13H,2-3,5,8-10,12,16H2,1H3. The number of benzene rings is 1. The van der Waals surface area contributed by atoms with Crippen molar-refractivity contribution < 1.29 is 8.42 Å². The smallest absolute Gasteiger partial charge is 0.179 e. The second-order valence-electron chi connectivity index (χ2n) is 5.55. The molecule has 1 aromatic carbocycles. The molecule has 1 unspecified atom stereocenters. The Hall–Kier alpha value is -0.910. The van der Waals surface area contributed by atoms with Crippen molar-refractivity contribution >= 4 is 9.84 Å². The van der Waals surface area contributed by atoms with Gasteiger partial charge in [-0.25, -0.2) is 8.42 Å². The van der Waals surface area contributed by atoms with Gasteiger partial charge in [0.1, 0.15) is 0 Å². The Morgan fingerprint density at radius 1 is 1.35 bits per heavy atom. The molecule has 4 nitrogen and oxygen atoms in total. The average molecular weight is 296 g/mol. The summed E-state index contributed by atoms with van der Waals surface area (Å²) in [4.78, 5) is 2.68. The molecular formula is C15H24N2O2S. The van der Waals surface area contributed by atoms with E-state index in [-0.39, 0.29) is 5.75 Å².